The first-order chi connectivity index (χ1) is 10.1. The van der Waals surface area contributed by atoms with E-state index in [1.54, 1.807) is 0 Å². The molecule has 0 spiro atoms. The molecule has 2 atom stereocenters. The zero-order chi connectivity index (χ0) is 16.8. The third-order valence-corrected chi connectivity index (χ3v) is 3.78. The van der Waals surface area contributed by atoms with Gasteiger partial charge < -0.3 is 20.7 Å². The van der Waals surface area contributed by atoms with Gasteiger partial charge in [-0.05, 0) is 47.0 Å². The number of rotatable bonds is 7. The molecule has 6 heteroatoms. The first kappa shape index (κ1) is 18.7. The van der Waals surface area contributed by atoms with Crippen LogP contribution in [0.1, 0.15) is 60.3 Å². The van der Waals surface area contributed by atoms with E-state index in [4.69, 9.17) is 4.74 Å². The molecule has 1 aliphatic heterocycles. The van der Waals surface area contributed by atoms with E-state index in [0.29, 0.717) is 19.0 Å². The van der Waals surface area contributed by atoms with Crippen LogP contribution in [0, 0.1) is 0 Å². The zero-order valence-electron chi connectivity index (χ0n) is 14.5. The molecule has 22 heavy (non-hydrogen) atoms. The van der Waals surface area contributed by atoms with Gasteiger partial charge in [-0.25, -0.2) is 4.79 Å². The Morgan fingerprint density at radius 1 is 1.45 bits per heavy atom. The summed E-state index contributed by atoms with van der Waals surface area (Å²) in [6.07, 6.45) is 2.90. The number of carbonyl (C=O) groups excluding carboxylic acids is 2. The normalized spacial score (nSPS) is 23.0. The summed E-state index contributed by atoms with van der Waals surface area (Å²) >= 11 is 0. The van der Waals surface area contributed by atoms with Gasteiger partial charge in [0.05, 0.1) is 5.54 Å². The number of carbonyl (C=O) groups is 2. The molecular formula is C16H31N3O3. The molecule has 0 aromatic heterocycles. The number of hydrogen-bond donors (Lipinski definition) is 3. The summed E-state index contributed by atoms with van der Waals surface area (Å²) < 4.78 is 5.20. The van der Waals surface area contributed by atoms with Crippen LogP contribution >= 0.6 is 0 Å². The number of hydrogen-bond acceptors (Lipinski definition) is 4. The van der Waals surface area contributed by atoms with Crippen molar-refractivity contribution < 1.29 is 14.3 Å². The maximum Gasteiger partial charge on any atom is 0.407 e. The van der Waals surface area contributed by atoms with Gasteiger partial charge in [0.15, 0.2) is 0 Å². The van der Waals surface area contributed by atoms with Gasteiger partial charge in [-0.15, -0.1) is 0 Å². The summed E-state index contributed by atoms with van der Waals surface area (Å²) in [5, 5.41) is 9.28. The highest BCUT2D eigenvalue weighted by atomic mass is 16.6. The van der Waals surface area contributed by atoms with Crippen molar-refractivity contribution in [3.05, 3.63) is 0 Å². The molecule has 0 radical (unpaired) electrons. The molecule has 0 aliphatic carbocycles. The van der Waals surface area contributed by atoms with E-state index in [1.807, 2.05) is 20.8 Å². The van der Waals surface area contributed by atoms with Gasteiger partial charge in [-0.3, -0.25) is 4.79 Å². The summed E-state index contributed by atoms with van der Waals surface area (Å²) in [6.45, 7) is 11.0. The van der Waals surface area contributed by atoms with Crippen molar-refractivity contribution in [2.45, 2.75) is 77.5 Å². The van der Waals surface area contributed by atoms with Crippen molar-refractivity contribution in [3.63, 3.8) is 0 Å². The molecule has 1 saturated heterocycles. The minimum absolute atomic E-state index is 0.129. The SMILES string of the molecule is CCC(CCNC(=O)OC(C)(C)C)NCC1(C)CCC(=O)N1. The molecule has 0 bridgehead atoms. The minimum Gasteiger partial charge on any atom is -0.444 e. The van der Waals surface area contributed by atoms with Crippen molar-refractivity contribution in [2.75, 3.05) is 13.1 Å². The molecule has 128 valence electrons. The predicted molar refractivity (Wildman–Crippen MR) is 86.7 cm³/mol. The molecule has 1 fully saturated rings. The summed E-state index contributed by atoms with van der Waals surface area (Å²) in [4.78, 5) is 22.9. The Balaban J connectivity index is 2.25. The Kier molecular flexibility index (Phi) is 6.66. The number of alkyl carbamates (subject to hydrolysis) is 1. The van der Waals surface area contributed by atoms with Gasteiger partial charge in [-0.2, -0.15) is 0 Å². The lowest BCUT2D eigenvalue weighted by molar-refractivity contribution is -0.119. The van der Waals surface area contributed by atoms with Crippen molar-refractivity contribution in [3.8, 4) is 0 Å². The van der Waals surface area contributed by atoms with E-state index in [1.165, 1.54) is 0 Å². The summed E-state index contributed by atoms with van der Waals surface area (Å²) in [5.74, 6) is 0.129. The topological polar surface area (TPSA) is 79.5 Å². The molecule has 0 saturated carbocycles. The number of amides is 2. The number of ether oxygens (including phenoxy) is 1. The van der Waals surface area contributed by atoms with Crippen LogP contribution in [0.15, 0.2) is 0 Å². The smallest absolute Gasteiger partial charge is 0.407 e. The van der Waals surface area contributed by atoms with Crippen molar-refractivity contribution in [2.24, 2.45) is 0 Å². The van der Waals surface area contributed by atoms with Crippen molar-refractivity contribution in [1.82, 2.24) is 16.0 Å². The molecule has 0 aromatic rings. The fraction of sp³-hybridized carbons (Fsp3) is 0.875. The second-order valence-corrected chi connectivity index (χ2v) is 7.31. The molecule has 2 amide bonds. The van der Waals surface area contributed by atoms with Crippen molar-refractivity contribution in [1.29, 1.82) is 0 Å². The fourth-order valence-corrected chi connectivity index (χ4v) is 2.47. The van der Waals surface area contributed by atoms with Crippen LogP contribution in [0.4, 0.5) is 4.79 Å². The van der Waals surface area contributed by atoms with Gasteiger partial charge in [0.1, 0.15) is 5.60 Å². The van der Waals surface area contributed by atoms with E-state index in [9.17, 15) is 9.59 Å². The average Bonchev–Trinajstić information content (AvgIpc) is 2.71. The molecular weight excluding hydrogens is 282 g/mol. The Morgan fingerprint density at radius 3 is 2.64 bits per heavy atom. The summed E-state index contributed by atoms with van der Waals surface area (Å²) in [5.41, 5.74) is -0.620. The van der Waals surface area contributed by atoms with Gasteiger partial charge in [0.25, 0.3) is 0 Å². The summed E-state index contributed by atoms with van der Waals surface area (Å²) in [7, 11) is 0. The highest BCUT2D eigenvalue weighted by Gasteiger charge is 2.32. The number of nitrogens with one attached hydrogen (secondary N) is 3. The largest absolute Gasteiger partial charge is 0.444 e. The van der Waals surface area contributed by atoms with Gasteiger partial charge in [-0.1, -0.05) is 6.92 Å². The Bertz CT molecular complexity index is 393. The third kappa shape index (κ3) is 7.11. The second-order valence-electron chi connectivity index (χ2n) is 7.31. The Morgan fingerprint density at radius 2 is 2.14 bits per heavy atom. The molecule has 2 unspecified atom stereocenters. The third-order valence-electron chi connectivity index (χ3n) is 3.78. The molecule has 3 N–H and O–H groups in total. The second kappa shape index (κ2) is 7.81. The fourth-order valence-electron chi connectivity index (χ4n) is 2.47. The van der Waals surface area contributed by atoms with E-state index in [0.717, 1.165) is 25.8 Å². The summed E-state index contributed by atoms with van der Waals surface area (Å²) in [6, 6.07) is 0.310. The van der Waals surface area contributed by atoms with Crippen LogP contribution in [-0.4, -0.2) is 42.3 Å². The van der Waals surface area contributed by atoms with Crippen LogP contribution < -0.4 is 16.0 Å². The lowest BCUT2D eigenvalue weighted by Gasteiger charge is -2.28. The minimum atomic E-state index is -0.470. The van der Waals surface area contributed by atoms with Crippen molar-refractivity contribution >= 4 is 12.0 Å². The van der Waals surface area contributed by atoms with E-state index >= 15 is 0 Å². The lowest BCUT2D eigenvalue weighted by Crippen LogP contribution is -2.49. The van der Waals surface area contributed by atoms with E-state index in [-0.39, 0.29) is 17.5 Å². The predicted octanol–water partition coefficient (Wildman–Crippen LogP) is 1.94. The van der Waals surface area contributed by atoms with E-state index < -0.39 is 5.60 Å². The molecule has 1 heterocycles. The lowest BCUT2D eigenvalue weighted by atomic mass is 9.99. The zero-order valence-corrected chi connectivity index (χ0v) is 14.5. The first-order valence-electron chi connectivity index (χ1n) is 8.15. The van der Waals surface area contributed by atoms with Crippen LogP contribution in [0.2, 0.25) is 0 Å². The van der Waals surface area contributed by atoms with Gasteiger partial charge in [0, 0.05) is 25.6 Å². The van der Waals surface area contributed by atoms with Crippen LogP contribution in [0.25, 0.3) is 0 Å². The molecule has 1 aliphatic rings. The van der Waals surface area contributed by atoms with Crippen LogP contribution in [-0.2, 0) is 9.53 Å². The first-order valence-corrected chi connectivity index (χ1v) is 8.15. The Labute approximate surface area is 133 Å². The quantitative estimate of drug-likeness (QED) is 0.671. The molecule has 6 nitrogen and oxygen atoms in total. The van der Waals surface area contributed by atoms with Crippen LogP contribution in [0.3, 0.4) is 0 Å². The van der Waals surface area contributed by atoms with Gasteiger partial charge in [0.2, 0.25) is 5.91 Å². The molecule has 1 rings (SSSR count). The highest BCUT2D eigenvalue weighted by molar-refractivity contribution is 5.79. The Hall–Kier alpha value is -1.30. The highest BCUT2D eigenvalue weighted by Crippen LogP contribution is 2.18. The maximum absolute atomic E-state index is 11.6. The monoisotopic (exact) mass is 313 g/mol. The van der Waals surface area contributed by atoms with Crippen LogP contribution in [0.5, 0.6) is 0 Å². The average molecular weight is 313 g/mol. The molecule has 0 aromatic carbocycles. The standard InChI is InChI=1S/C16H31N3O3/c1-6-12(8-10-17-14(21)22-15(2,3)4)18-11-16(5)9-7-13(20)19-16/h12,18H,6-11H2,1-5H3,(H,17,21)(H,19,20). The van der Waals surface area contributed by atoms with Gasteiger partial charge >= 0.3 is 6.09 Å². The maximum atomic E-state index is 11.6. The van der Waals surface area contributed by atoms with E-state index in [2.05, 4.69) is 29.8 Å².